The van der Waals surface area contributed by atoms with Crippen molar-refractivity contribution in [2.24, 2.45) is 4.99 Å². The Morgan fingerprint density at radius 3 is 2.64 bits per heavy atom. The number of nitrogens with zero attached hydrogens (tertiary/aromatic N) is 4. The molecule has 0 radical (unpaired) electrons. The van der Waals surface area contributed by atoms with Crippen molar-refractivity contribution in [3.05, 3.63) is 71.1 Å². The minimum atomic E-state index is -4.80. The number of nitrogens with one attached hydrogen (secondary N) is 1. The molecule has 0 saturated carbocycles. The zero-order valence-electron chi connectivity index (χ0n) is 17.4. The van der Waals surface area contributed by atoms with E-state index in [-0.39, 0.29) is 22.1 Å². The van der Waals surface area contributed by atoms with Gasteiger partial charge in [-0.2, -0.15) is 13.2 Å². The Bertz CT molecular complexity index is 1100. The molecule has 3 aliphatic rings. The number of amidine groups is 1. The van der Waals surface area contributed by atoms with Crippen molar-refractivity contribution in [1.29, 1.82) is 0 Å². The highest BCUT2D eigenvalue weighted by Gasteiger charge is 2.46. The second kappa shape index (κ2) is 8.93. The van der Waals surface area contributed by atoms with Gasteiger partial charge >= 0.3 is 12.1 Å². The quantitative estimate of drug-likeness (QED) is 0.637. The maximum Gasteiger partial charge on any atom is 0.412 e. The number of likely N-dealkylation sites (tertiary alicyclic amines) is 1. The average molecular weight is 480 g/mol. The standard InChI is InChI=1S/C22H21ClF3N5O2/c1-13-10-17(30-8-3-2-4-9-30)29-20-15(11-14(23)12-31(13)20)19(22(24,25)26)28-16-6-5-7-27-18(16)21(32)33/h5-7,10-12,19,28H,1-4,8-9H2,(H,32,33)/t19-/m0/s1. The van der Waals surface area contributed by atoms with Crippen molar-refractivity contribution in [2.75, 3.05) is 18.4 Å². The first-order valence-corrected chi connectivity index (χ1v) is 10.7. The number of halogens is 4. The van der Waals surface area contributed by atoms with Crippen LogP contribution in [0.15, 0.2) is 70.4 Å². The van der Waals surface area contributed by atoms with Crippen molar-refractivity contribution in [2.45, 2.75) is 31.5 Å². The van der Waals surface area contributed by atoms with Gasteiger partial charge in [-0.15, -0.1) is 0 Å². The summed E-state index contributed by atoms with van der Waals surface area (Å²) in [5, 5.41) is 11.7. The average Bonchev–Trinajstić information content (AvgIpc) is 2.77. The molecule has 0 amide bonds. The lowest BCUT2D eigenvalue weighted by Crippen LogP contribution is -2.46. The summed E-state index contributed by atoms with van der Waals surface area (Å²) in [5.41, 5.74) is -0.616. The zero-order chi connectivity index (χ0) is 23.8. The first kappa shape index (κ1) is 22.9. The van der Waals surface area contributed by atoms with Gasteiger partial charge in [0.15, 0.2) is 11.7 Å². The molecule has 1 aromatic heterocycles. The molecule has 1 atom stereocenters. The number of hydrogen-bond acceptors (Lipinski definition) is 6. The molecule has 0 bridgehead atoms. The van der Waals surface area contributed by atoms with Crippen molar-refractivity contribution >= 4 is 29.1 Å². The lowest BCUT2D eigenvalue weighted by molar-refractivity contribution is -0.133. The number of anilines is 1. The fourth-order valence-corrected chi connectivity index (χ4v) is 4.17. The summed E-state index contributed by atoms with van der Waals surface area (Å²) in [5.74, 6) is -0.880. The van der Waals surface area contributed by atoms with Crippen LogP contribution in [0.2, 0.25) is 0 Å². The van der Waals surface area contributed by atoms with Gasteiger partial charge in [0.2, 0.25) is 0 Å². The predicted molar refractivity (Wildman–Crippen MR) is 119 cm³/mol. The van der Waals surface area contributed by atoms with E-state index in [1.54, 1.807) is 6.08 Å². The van der Waals surface area contributed by atoms with Gasteiger partial charge in [-0.05, 0) is 37.5 Å². The second-order valence-corrected chi connectivity index (χ2v) is 8.22. The van der Waals surface area contributed by atoms with Crippen LogP contribution in [-0.2, 0) is 0 Å². The first-order valence-electron chi connectivity index (χ1n) is 10.3. The molecule has 1 aromatic rings. The molecule has 174 valence electrons. The molecule has 0 unspecified atom stereocenters. The van der Waals surface area contributed by atoms with Crippen LogP contribution in [0.5, 0.6) is 0 Å². The Morgan fingerprint density at radius 2 is 1.97 bits per heavy atom. The summed E-state index contributed by atoms with van der Waals surface area (Å²) in [7, 11) is 0. The van der Waals surface area contributed by atoms with Crippen molar-refractivity contribution in [3.8, 4) is 0 Å². The third-order valence-corrected chi connectivity index (χ3v) is 5.69. The lowest BCUT2D eigenvalue weighted by Gasteiger charge is -2.38. The number of carbonyl (C=O) groups is 1. The van der Waals surface area contributed by atoms with E-state index in [9.17, 15) is 23.1 Å². The van der Waals surface area contributed by atoms with Gasteiger partial charge < -0.3 is 20.2 Å². The fraction of sp³-hybridized carbons (Fsp3) is 0.318. The number of rotatable bonds is 5. The van der Waals surface area contributed by atoms with Crippen LogP contribution in [0.1, 0.15) is 29.8 Å². The van der Waals surface area contributed by atoms with E-state index < -0.39 is 23.9 Å². The molecule has 0 aliphatic carbocycles. The Kier molecular flexibility index (Phi) is 6.20. The topological polar surface area (TPSA) is 81.1 Å². The molecule has 2 N–H and O–H groups in total. The maximum atomic E-state index is 14.3. The molecule has 4 heterocycles. The molecular weight excluding hydrogens is 459 g/mol. The SMILES string of the molecule is C=C1C=C(N2CCCCC2)N=C2C([C@H](Nc3cccnc3C(=O)O)C(F)(F)F)=CC(Cl)=CN12. The fourth-order valence-electron chi connectivity index (χ4n) is 3.95. The molecule has 33 heavy (non-hydrogen) atoms. The molecule has 7 nitrogen and oxygen atoms in total. The van der Waals surface area contributed by atoms with Crippen LogP contribution in [0.4, 0.5) is 18.9 Å². The number of aromatic nitrogens is 1. The van der Waals surface area contributed by atoms with Crippen LogP contribution in [0.3, 0.4) is 0 Å². The van der Waals surface area contributed by atoms with E-state index in [0.717, 1.165) is 32.4 Å². The molecule has 4 rings (SSSR count). The van der Waals surface area contributed by atoms with Gasteiger partial charge in [0.1, 0.15) is 11.7 Å². The Hall–Kier alpha value is -3.27. The molecule has 0 spiro atoms. The normalized spacial score (nSPS) is 19.7. The summed E-state index contributed by atoms with van der Waals surface area (Å²) in [6.07, 6.45) is 3.79. The van der Waals surface area contributed by atoms with E-state index in [1.807, 2.05) is 4.90 Å². The summed E-state index contributed by atoms with van der Waals surface area (Å²) < 4.78 is 42.9. The number of piperidine rings is 1. The van der Waals surface area contributed by atoms with Crippen LogP contribution in [0, 0.1) is 0 Å². The zero-order valence-corrected chi connectivity index (χ0v) is 18.2. The van der Waals surface area contributed by atoms with Crippen molar-refractivity contribution in [1.82, 2.24) is 14.8 Å². The Morgan fingerprint density at radius 1 is 1.24 bits per heavy atom. The number of carboxylic acid groups (broad SMARTS) is 1. The van der Waals surface area contributed by atoms with Gasteiger partial charge in [0.25, 0.3) is 0 Å². The third kappa shape index (κ3) is 4.75. The van der Waals surface area contributed by atoms with Gasteiger partial charge in [-0.25, -0.2) is 14.8 Å². The summed E-state index contributed by atoms with van der Waals surface area (Å²) >= 11 is 6.17. The minimum Gasteiger partial charge on any atom is -0.476 e. The van der Waals surface area contributed by atoms with E-state index in [0.29, 0.717) is 11.5 Å². The van der Waals surface area contributed by atoms with Crippen LogP contribution in [0.25, 0.3) is 0 Å². The maximum absolute atomic E-state index is 14.3. The van der Waals surface area contributed by atoms with E-state index >= 15 is 0 Å². The smallest absolute Gasteiger partial charge is 0.412 e. The Labute approximate surface area is 193 Å². The number of fused-ring (bicyclic) bond motifs is 1. The number of pyridine rings is 1. The molecule has 0 aromatic carbocycles. The highest BCUT2D eigenvalue weighted by Crippen LogP contribution is 2.37. The Balaban J connectivity index is 1.77. The number of carboxylic acids is 1. The van der Waals surface area contributed by atoms with Gasteiger partial charge in [0.05, 0.1) is 10.7 Å². The monoisotopic (exact) mass is 479 g/mol. The molecular formula is C22H21ClF3N5O2. The number of aliphatic imine (C=N–C) groups is 1. The van der Waals surface area contributed by atoms with Crippen LogP contribution >= 0.6 is 11.6 Å². The third-order valence-electron chi connectivity index (χ3n) is 5.49. The number of hydrogen-bond donors (Lipinski definition) is 2. The summed E-state index contributed by atoms with van der Waals surface area (Å²) in [6, 6.07) is 0.291. The van der Waals surface area contributed by atoms with Crippen molar-refractivity contribution < 1.29 is 23.1 Å². The van der Waals surface area contributed by atoms with Crippen LogP contribution < -0.4 is 5.32 Å². The summed E-state index contributed by atoms with van der Waals surface area (Å²) in [6.45, 7) is 5.49. The van der Waals surface area contributed by atoms with Gasteiger partial charge in [-0.1, -0.05) is 18.2 Å². The second-order valence-electron chi connectivity index (χ2n) is 7.78. The molecule has 1 saturated heterocycles. The number of aromatic carboxylic acids is 1. The number of alkyl halides is 3. The van der Waals surface area contributed by atoms with Gasteiger partial charge in [0, 0.05) is 42.8 Å². The highest BCUT2D eigenvalue weighted by atomic mass is 35.5. The molecule has 1 fully saturated rings. The highest BCUT2D eigenvalue weighted by molar-refractivity contribution is 6.32. The minimum absolute atomic E-state index is 0.0306. The van der Waals surface area contributed by atoms with Crippen molar-refractivity contribution in [3.63, 3.8) is 0 Å². The molecule has 3 aliphatic heterocycles. The molecule has 11 heteroatoms. The lowest BCUT2D eigenvalue weighted by atomic mass is 9.99. The number of allylic oxidation sites excluding steroid dienone is 3. The first-order chi connectivity index (χ1) is 15.6. The summed E-state index contributed by atoms with van der Waals surface area (Å²) in [4.78, 5) is 23.2. The van der Waals surface area contributed by atoms with E-state index in [2.05, 4.69) is 21.9 Å². The van der Waals surface area contributed by atoms with Gasteiger partial charge in [-0.3, -0.25) is 0 Å². The van der Waals surface area contributed by atoms with E-state index in [1.165, 1.54) is 35.5 Å². The van der Waals surface area contributed by atoms with E-state index in [4.69, 9.17) is 11.6 Å². The largest absolute Gasteiger partial charge is 0.476 e. The predicted octanol–water partition coefficient (Wildman–Crippen LogP) is 4.70. The van der Waals surface area contributed by atoms with Crippen LogP contribution in [-0.4, -0.2) is 57.0 Å².